The van der Waals surface area contributed by atoms with E-state index in [1.807, 2.05) is 32.9 Å². The molecule has 0 fully saturated rings. The molecule has 0 atom stereocenters. The van der Waals surface area contributed by atoms with Crippen LogP contribution in [0.3, 0.4) is 0 Å². The second-order valence-corrected chi connectivity index (χ2v) is 4.24. The average molecular weight is 206 g/mol. The van der Waals surface area contributed by atoms with Crippen LogP contribution in [0.2, 0.25) is 0 Å². The number of rotatable bonds is 3. The first-order valence-corrected chi connectivity index (χ1v) is 5.15. The van der Waals surface area contributed by atoms with Crippen molar-refractivity contribution in [2.45, 2.75) is 27.2 Å². The molecule has 0 saturated heterocycles. The minimum absolute atomic E-state index is 0.0160. The van der Waals surface area contributed by atoms with E-state index in [4.69, 9.17) is 5.73 Å². The van der Waals surface area contributed by atoms with Crippen molar-refractivity contribution in [3.63, 3.8) is 0 Å². The van der Waals surface area contributed by atoms with Crippen molar-refractivity contribution in [1.29, 1.82) is 0 Å². The largest absolute Gasteiger partial charge is 0.397 e. The number of aryl methyl sites for hydroxylation is 1. The van der Waals surface area contributed by atoms with Crippen LogP contribution in [0.4, 0.5) is 11.4 Å². The molecule has 82 valence electrons. The van der Waals surface area contributed by atoms with Crippen LogP contribution in [0.15, 0.2) is 18.2 Å². The van der Waals surface area contributed by atoms with Crippen molar-refractivity contribution in [2.24, 2.45) is 5.92 Å². The highest BCUT2D eigenvalue weighted by atomic mass is 16.1. The summed E-state index contributed by atoms with van der Waals surface area (Å²) in [5.74, 6) is 0.373. The highest BCUT2D eigenvalue weighted by Gasteiger charge is 2.07. The third-order valence-electron chi connectivity index (χ3n) is 2.08. The summed E-state index contributed by atoms with van der Waals surface area (Å²) in [7, 11) is 0. The Kier molecular flexibility index (Phi) is 3.72. The quantitative estimate of drug-likeness (QED) is 0.747. The van der Waals surface area contributed by atoms with Gasteiger partial charge in [0.1, 0.15) is 0 Å². The second kappa shape index (κ2) is 4.82. The third-order valence-corrected chi connectivity index (χ3v) is 2.08. The van der Waals surface area contributed by atoms with Crippen molar-refractivity contribution in [1.82, 2.24) is 0 Å². The van der Waals surface area contributed by atoms with Crippen molar-refractivity contribution in [2.75, 3.05) is 11.1 Å². The molecule has 1 aromatic rings. The fourth-order valence-electron chi connectivity index (χ4n) is 1.35. The number of nitrogens with one attached hydrogen (secondary N) is 1. The first-order chi connectivity index (χ1) is 6.99. The summed E-state index contributed by atoms with van der Waals surface area (Å²) < 4.78 is 0. The molecule has 1 rings (SSSR count). The molecule has 3 nitrogen and oxygen atoms in total. The lowest BCUT2D eigenvalue weighted by atomic mass is 10.1. The number of carbonyl (C=O) groups is 1. The zero-order chi connectivity index (χ0) is 11.4. The normalized spacial score (nSPS) is 10.4. The van der Waals surface area contributed by atoms with Crippen molar-refractivity contribution in [3.8, 4) is 0 Å². The van der Waals surface area contributed by atoms with E-state index in [2.05, 4.69) is 5.32 Å². The van der Waals surface area contributed by atoms with Gasteiger partial charge in [-0.2, -0.15) is 0 Å². The zero-order valence-electron chi connectivity index (χ0n) is 9.50. The van der Waals surface area contributed by atoms with Gasteiger partial charge in [0.05, 0.1) is 11.4 Å². The van der Waals surface area contributed by atoms with Crippen molar-refractivity contribution >= 4 is 17.3 Å². The number of anilines is 2. The van der Waals surface area contributed by atoms with E-state index < -0.39 is 0 Å². The molecule has 3 heteroatoms. The van der Waals surface area contributed by atoms with Gasteiger partial charge in [-0.15, -0.1) is 0 Å². The SMILES string of the molecule is Cc1ccc(N)c(NC(=O)CC(C)C)c1. The lowest BCUT2D eigenvalue weighted by Gasteiger charge is -2.10. The van der Waals surface area contributed by atoms with Gasteiger partial charge < -0.3 is 11.1 Å². The molecular weight excluding hydrogens is 188 g/mol. The number of hydrogen-bond acceptors (Lipinski definition) is 2. The van der Waals surface area contributed by atoms with Crippen LogP contribution in [-0.4, -0.2) is 5.91 Å². The minimum Gasteiger partial charge on any atom is -0.397 e. The topological polar surface area (TPSA) is 55.1 Å². The van der Waals surface area contributed by atoms with Crippen LogP contribution < -0.4 is 11.1 Å². The lowest BCUT2D eigenvalue weighted by Crippen LogP contribution is -2.15. The molecule has 3 N–H and O–H groups in total. The summed E-state index contributed by atoms with van der Waals surface area (Å²) in [5.41, 5.74) is 8.16. The van der Waals surface area contributed by atoms with Gasteiger partial charge in [-0.05, 0) is 30.5 Å². The van der Waals surface area contributed by atoms with E-state index in [0.717, 1.165) is 5.56 Å². The standard InChI is InChI=1S/C12H18N2O/c1-8(2)6-12(15)14-11-7-9(3)4-5-10(11)13/h4-5,7-8H,6,13H2,1-3H3,(H,14,15). The monoisotopic (exact) mass is 206 g/mol. The average Bonchev–Trinajstić information content (AvgIpc) is 2.10. The Labute approximate surface area is 90.7 Å². The number of carbonyl (C=O) groups excluding carboxylic acids is 1. The van der Waals surface area contributed by atoms with Gasteiger partial charge in [-0.1, -0.05) is 19.9 Å². The van der Waals surface area contributed by atoms with E-state index in [-0.39, 0.29) is 5.91 Å². The van der Waals surface area contributed by atoms with E-state index >= 15 is 0 Å². The molecule has 1 amide bonds. The fraction of sp³-hybridized carbons (Fsp3) is 0.417. The van der Waals surface area contributed by atoms with Crippen LogP contribution in [0.25, 0.3) is 0 Å². The van der Waals surface area contributed by atoms with Gasteiger partial charge in [0, 0.05) is 6.42 Å². The van der Waals surface area contributed by atoms with Crippen LogP contribution in [-0.2, 0) is 4.79 Å². The summed E-state index contributed by atoms with van der Waals surface area (Å²) in [5, 5.41) is 2.82. The molecule has 0 radical (unpaired) electrons. The Morgan fingerprint density at radius 2 is 2.13 bits per heavy atom. The zero-order valence-corrected chi connectivity index (χ0v) is 9.50. The molecule has 0 unspecified atom stereocenters. The third kappa shape index (κ3) is 3.62. The number of hydrogen-bond donors (Lipinski definition) is 2. The Hall–Kier alpha value is -1.51. The summed E-state index contributed by atoms with van der Waals surface area (Å²) in [6, 6.07) is 5.61. The Bertz CT molecular complexity index is 359. The predicted octanol–water partition coefficient (Wildman–Crippen LogP) is 2.56. The molecule has 0 saturated carbocycles. The van der Waals surface area contributed by atoms with Crippen LogP contribution in [0, 0.1) is 12.8 Å². The maximum Gasteiger partial charge on any atom is 0.224 e. The maximum atomic E-state index is 11.5. The summed E-state index contributed by atoms with van der Waals surface area (Å²) >= 11 is 0. The molecular formula is C12H18N2O. The minimum atomic E-state index is 0.0160. The molecule has 1 aromatic carbocycles. The lowest BCUT2D eigenvalue weighted by molar-refractivity contribution is -0.116. The Balaban J connectivity index is 2.71. The van der Waals surface area contributed by atoms with Crippen molar-refractivity contribution in [3.05, 3.63) is 23.8 Å². The van der Waals surface area contributed by atoms with E-state index in [1.54, 1.807) is 6.07 Å². The van der Waals surface area contributed by atoms with Gasteiger partial charge in [-0.3, -0.25) is 4.79 Å². The van der Waals surface area contributed by atoms with Gasteiger partial charge in [0.2, 0.25) is 5.91 Å². The Morgan fingerprint density at radius 3 is 2.73 bits per heavy atom. The summed E-state index contributed by atoms with van der Waals surface area (Å²) in [4.78, 5) is 11.5. The molecule has 0 aliphatic rings. The number of amides is 1. The first-order valence-electron chi connectivity index (χ1n) is 5.15. The second-order valence-electron chi connectivity index (χ2n) is 4.24. The molecule has 0 aliphatic carbocycles. The number of nitrogens with two attached hydrogens (primary N) is 1. The molecule has 0 spiro atoms. The Morgan fingerprint density at radius 1 is 1.47 bits per heavy atom. The van der Waals surface area contributed by atoms with Crippen LogP contribution in [0.1, 0.15) is 25.8 Å². The van der Waals surface area contributed by atoms with Crippen LogP contribution >= 0.6 is 0 Å². The molecule has 15 heavy (non-hydrogen) atoms. The van der Waals surface area contributed by atoms with Gasteiger partial charge in [0.15, 0.2) is 0 Å². The maximum absolute atomic E-state index is 11.5. The van der Waals surface area contributed by atoms with Crippen molar-refractivity contribution < 1.29 is 4.79 Å². The molecule has 0 aromatic heterocycles. The van der Waals surface area contributed by atoms with E-state index in [1.165, 1.54) is 0 Å². The number of nitrogen functional groups attached to an aromatic ring is 1. The van der Waals surface area contributed by atoms with Gasteiger partial charge in [0.25, 0.3) is 0 Å². The highest BCUT2D eigenvalue weighted by Crippen LogP contribution is 2.20. The van der Waals surface area contributed by atoms with E-state index in [0.29, 0.717) is 23.7 Å². The summed E-state index contributed by atoms with van der Waals surface area (Å²) in [6.07, 6.45) is 0.521. The molecule has 0 aliphatic heterocycles. The predicted molar refractivity (Wildman–Crippen MR) is 63.7 cm³/mol. The smallest absolute Gasteiger partial charge is 0.224 e. The van der Waals surface area contributed by atoms with Crippen LogP contribution in [0.5, 0.6) is 0 Å². The number of benzene rings is 1. The fourth-order valence-corrected chi connectivity index (χ4v) is 1.35. The molecule has 0 heterocycles. The summed E-state index contributed by atoms with van der Waals surface area (Å²) in [6.45, 7) is 6.00. The van der Waals surface area contributed by atoms with Gasteiger partial charge in [-0.25, -0.2) is 0 Å². The van der Waals surface area contributed by atoms with Gasteiger partial charge >= 0.3 is 0 Å². The van der Waals surface area contributed by atoms with E-state index in [9.17, 15) is 4.79 Å². The first kappa shape index (κ1) is 11.6. The highest BCUT2D eigenvalue weighted by molar-refractivity contribution is 5.94. The molecule has 0 bridgehead atoms.